The summed E-state index contributed by atoms with van der Waals surface area (Å²) in [6.45, 7) is 3.08. The van der Waals surface area contributed by atoms with Crippen molar-refractivity contribution in [1.82, 2.24) is 24.8 Å². The molecular formula is C15H22N6O6. The van der Waals surface area contributed by atoms with Crippen molar-refractivity contribution in [1.29, 1.82) is 0 Å². The van der Waals surface area contributed by atoms with E-state index in [1.165, 1.54) is 31.3 Å². The Kier molecular flexibility index (Phi) is 5.26. The largest absolute Gasteiger partial charge is 0.394 e. The number of carbonyl (C=O) groups is 1. The Hall–Kier alpha value is -2.38. The molecule has 2 amide bonds. The highest BCUT2D eigenvalue weighted by atomic mass is 16.7. The minimum Gasteiger partial charge on any atom is -0.394 e. The van der Waals surface area contributed by atoms with Crippen LogP contribution in [0, 0.1) is 0 Å². The van der Waals surface area contributed by atoms with Crippen molar-refractivity contribution in [3.8, 4) is 0 Å². The molecule has 0 saturated carbocycles. The van der Waals surface area contributed by atoms with Crippen LogP contribution in [-0.4, -0.2) is 78.9 Å². The number of hydrogen-bond donors (Lipinski definition) is 4. The number of urea groups is 1. The Morgan fingerprint density at radius 1 is 1.48 bits per heavy atom. The molecule has 3 rings (SSSR count). The summed E-state index contributed by atoms with van der Waals surface area (Å²) < 4.78 is 7.00. The second-order valence-corrected chi connectivity index (χ2v) is 6.21. The van der Waals surface area contributed by atoms with Crippen molar-refractivity contribution >= 4 is 23.0 Å². The monoisotopic (exact) mass is 382 g/mol. The van der Waals surface area contributed by atoms with Gasteiger partial charge in [-0.3, -0.25) is 9.40 Å². The molecule has 0 unspecified atom stereocenters. The van der Waals surface area contributed by atoms with E-state index in [0.717, 1.165) is 5.06 Å². The fourth-order valence-electron chi connectivity index (χ4n) is 3.04. The zero-order valence-electron chi connectivity index (χ0n) is 15.1. The number of nitrogens with zero attached hydrogens (tertiary/aromatic N) is 5. The second kappa shape index (κ2) is 7.32. The first kappa shape index (κ1) is 19.4. The summed E-state index contributed by atoms with van der Waals surface area (Å²) in [6, 6.07) is -0.533. The van der Waals surface area contributed by atoms with Gasteiger partial charge in [0, 0.05) is 6.54 Å². The number of ether oxygens (including phenoxy) is 1. The maximum Gasteiger partial charge on any atom is 0.347 e. The van der Waals surface area contributed by atoms with Crippen LogP contribution in [0.4, 0.5) is 10.6 Å². The van der Waals surface area contributed by atoms with Gasteiger partial charge in [0.15, 0.2) is 23.2 Å². The van der Waals surface area contributed by atoms with Crippen LogP contribution in [0.1, 0.15) is 20.1 Å². The van der Waals surface area contributed by atoms with Gasteiger partial charge in [0.25, 0.3) is 0 Å². The lowest BCUT2D eigenvalue weighted by Gasteiger charge is -2.27. The molecule has 1 saturated heterocycles. The average molecular weight is 382 g/mol. The molecule has 4 atom stereocenters. The summed E-state index contributed by atoms with van der Waals surface area (Å²) >= 11 is 0. The van der Waals surface area contributed by atoms with Crippen molar-refractivity contribution in [3.63, 3.8) is 0 Å². The first-order valence-electron chi connectivity index (χ1n) is 8.33. The summed E-state index contributed by atoms with van der Waals surface area (Å²) in [5.41, 5.74) is -1.22. The lowest BCUT2D eigenvalue weighted by Crippen LogP contribution is -2.44. The number of amides is 2. The third-order valence-corrected chi connectivity index (χ3v) is 4.41. The Morgan fingerprint density at radius 3 is 2.81 bits per heavy atom. The summed E-state index contributed by atoms with van der Waals surface area (Å²) in [6.07, 6.45) is -0.769. The highest BCUT2D eigenvalue weighted by Crippen LogP contribution is 2.39. The Morgan fingerprint density at radius 2 is 2.22 bits per heavy atom. The maximum absolute atomic E-state index is 12.2. The molecule has 27 heavy (non-hydrogen) atoms. The number of rotatable bonds is 5. The second-order valence-electron chi connectivity index (χ2n) is 6.21. The fourth-order valence-corrected chi connectivity index (χ4v) is 3.04. The molecule has 0 spiro atoms. The molecule has 2 aromatic heterocycles. The quantitative estimate of drug-likeness (QED) is 0.473. The maximum atomic E-state index is 12.2. The number of hydroxylamine groups is 1. The number of nitrogens with one attached hydrogen (secondary N) is 1. The van der Waals surface area contributed by atoms with E-state index in [0.29, 0.717) is 6.54 Å². The van der Waals surface area contributed by atoms with E-state index in [4.69, 9.17) is 9.57 Å². The van der Waals surface area contributed by atoms with Gasteiger partial charge in [0.1, 0.15) is 24.1 Å². The molecule has 1 aliphatic heterocycles. The van der Waals surface area contributed by atoms with Crippen LogP contribution < -0.4 is 10.4 Å². The lowest BCUT2D eigenvalue weighted by molar-refractivity contribution is -0.0950. The number of aliphatic hydroxyl groups is 3. The fraction of sp³-hybridized carbons (Fsp3) is 0.600. The molecule has 0 aromatic carbocycles. The van der Waals surface area contributed by atoms with E-state index in [1.54, 1.807) is 6.92 Å². The van der Waals surface area contributed by atoms with Crippen LogP contribution >= 0.6 is 0 Å². The van der Waals surface area contributed by atoms with Gasteiger partial charge < -0.3 is 25.4 Å². The summed E-state index contributed by atoms with van der Waals surface area (Å²) in [5, 5.41) is 33.7. The molecule has 2 aromatic rings. The van der Waals surface area contributed by atoms with E-state index >= 15 is 0 Å². The minimum absolute atomic E-state index is 0.101. The predicted molar refractivity (Wildman–Crippen MR) is 91.5 cm³/mol. The van der Waals surface area contributed by atoms with E-state index in [1.807, 2.05) is 0 Å². The number of hydrogen-bond acceptors (Lipinski definition) is 9. The molecule has 1 aliphatic rings. The van der Waals surface area contributed by atoms with Crippen LogP contribution in [-0.2, 0) is 9.57 Å². The third-order valence-electron chi connectivity index (χ3n) is 4.41. The standard InChI is InChI=1S/C15H22N6O6/c1-4-16-14(24)21(26-3)12-9-11(17-6-18-12)20(7-19-9)13-15(2,25)10(23)8(5-22)27-13/h6-8,10,13,22-23,25H,4-5H2,1-3H3,(H,16,24)/t8-,10-,13-,15-/m1/s1. The molecule has 148 valence electrons. The molecule has 4 N–H and O–H groups in total. The van der Waals surface area contributed by atoms with Crippen molar-refractivity contribution in [2.45, 2.75) is 37.9 Å². The lowest BCUT2D eigenvalue weighted by atomic mass is 9.96. The summed E-state index contributed by atoms with van der Waals surface area (Å²) in [7, 11) is 1.31. The van der Waals surface area contributed by atoms with Gasteiger partial charge in [0.2, 0.25) is 0 Å². The number of carbonyl (C=O) groups excluding carboxylic acids is 1. The van der Waals surface area contributed by atoms with Crippen LogP contribution in [0.15, 0.2) is 12.7 Å². The predicted octanol–water partition coefficient (Wildman–Crippen LogP) is -1.07. The van der Waals surface area contributed by atoms with Gasteiger partial charge in [-0.25, -0.2) is 19.7 Å². The van der Waals surface area contributed by atoms with Gasteiger partial charge in [-0.1, -0.05) is 0 Å². The zero-order chi connectivity index (χ0) is 19.8. The zero-order valence-corrected chi connectivity index (χ0v) is 15.1. The van der Waals surface area contributed by atoms with E-state index in [9.17, 15) is 20.1 Å². The van der Waals surface area contributed by atoms with E-state index in [2.05, 4.69) is 20.3 Å². The SMILES string of the molecule is CCNC(=O)N(OC)c1ncnc2c1ncn2[C@@H]1O[C@H](CO)[C@@H](O)[C@@]1(C)O. The minimum atomic E-state index is -1.70. The van der Waals surface area contributed by atoms with Gasteiger partial charge in [-0.05, 0) is 13.8 Å². The van der Waals surface area contributed by atoms with Crippen LogP contribution in [0.25, 0.3) is 11.2 Å². The molecule has 12 nitrogen and oxygen atoms in total. The number of aromatic nitrogens is 4. The summed E-state index contributed by atoms with van der Waals surface area (Å²) in [5.74, 6) is 0.101. The van der Waals surface area contributed by atoms with Gasteiger partial charge in [-0.2, -0.15) is 0 Å². The first-order chi connectivity index (χ1) is 12.9. The topological polar surface area (TPSA) is 155 Å². The average Bonchev–Trinajstić information content (AvgIpc) is 3.16. The molecule has 3 heterocycles. The number of fused-ring (bicyclic) bond motifs is 1. The van der Waals surface area contributed by atoms with Crippen molar-refractivity contribution in [2.24, 2.45) is 0 Å². The van der Waals surface area contributed by atoms with Crippen molar-refractivity contribution in [3.05, 3.63) is 12.7 Å². The number of aliphatic hydroxyl groups excluding tert-OH is 2. The smallest absolute Gasteiger partial charge is 0.347 e. The molecule has 0 bridgehead atoms. The Bertz CT molecular complexity index is 826. The van der Waals surface area contributed by atoms with Crippen LogP contribution in [0.3, 0.4) is 0 Å². The van der Waals surface area contributed by atoms with Crippen molar-refractivity contribution in [2.75, 3.05) is 25.3 Å². The summed E-state index contributed by atoms with van der Waals surface area (Å²) in [4.78, 5) is 29.7. The van der Waals surface area contributed by atoms with E-state index in [-0.39, 0.29) is 17.0 Å². The van der Waals surface area contributed by atoms with E-state index < -0.39 is 36.7 Å². The normalized spacial score (nSPS) is 27.9. The number of imidazole rings is 1. The van der Waals surface area contributed by atoms with Gasteiger partial charge in [-0.15, -0.1) is 5.06 Å². The molecular weight excluding hydrogens is 360 g/mol. The van der Waals surface area contributed by atoms with Crippen LogP contribution in [0.5, 0.6) is 0 Å². The molecule has 0 radical (unpaired) electrons. The first-order valence-corrected chi connectivity index (χ1v) is 8.33. The highest BCUT2D eigenvalue weighted by Gasteiger charge is 2.53. The molecule has 0 aliphatic carbocycles. The number of anilines is 1. The third kappa shape index (κ3) is 3.11. The Labute approximate surface area is 154 Å². The van der Waals surface area contributed by atoms with Crippen molar-refractivity contribution < 1.29 is 29.7 Å². The molecule has 1 fully saturated rings. The van der Waals surface area contributed by atoms with Gasteiger partial charge >= 0.3 is 6.03 Å². The van der Waals surface area contributed by atoms with Crippen LogP contribution in [0.2, 0.25) is 0 Å². The highest BCUT2D eigenvalue weighted by molar-refractivity contribution is 5.96. The Balaban J connectivity index is 2.05. The molecule has 12 heteroatoms. The van der Waals surface area contributed by atoms with Gasteiger partial charge in [0.05, 0.1) is 20.0 Å².